The molecular weight excluding hydrogens is 386 g/mol. The van der Waals surface area contributed by atoms with Crippen LogP contribution in [0.15, 0.2) is 30.5 Å². The molecule has 0 unspecified atom stereocenters. The summed E-state index contributed by atoms with van der Waals surface area (Å²) in [6.07, 6.45) is 2.66. The Labute approximate surface area is 178 Å². The molecule has 0 spiro atoms. The summed E-state index contributed by atoms with van der Waals surface area (Å²) in [5, 5.41) is 0. The first-order valence-electron chi connectivity index (χ1n) is 10.6. The first-order valence-corrected chi connectivity index (χ1v) is 10.6. The molecule has 0 saturated carbocycles. The topological polar surface area (TPSA) is 34.6 Å². The number of pyridine rings is 1. The Hall–Kier alpha value is -2.05. The summed E-state index contributed by atoms with van der Waals surface area (Å²) >= 11 is 0. The normalized spacial score (nSPS) is 15.0. The van der Waals surface area contributed by atoms with Gasteiger partial charge in [-0.25, -0.2) is 13.8 Å². The van der Waals surface area contributed by atoms with Crippen LogP contribution in [0.5, 0.6) is 0 Å². The van der Waals surface area contributed by atoms with Crippen LogP contribution in [0, 0.1) is 17.0 Å². The number of nitrogens with zero attached hydrogens (tertiary/aromatic N) is 2. The Morgan fingerprint density at radius 2 is 1.93 bits per heavy atom. The third kappa shape index (κ3) is 5.76. The molecule has 0 aliphatic carbocycles. The number of halogens is 2. The minimum absolute atomic E-state index is 0.0956. The van der Waals surface area contributed by atoms with Gasteiger partial charge in [0.2, 0.25) is 0 Å². The third-order valence-corrected chi connectivity index (χ3v) is 5.08. The Bertz CT molecular complexity index is 859. The third-order valence-electron chi connectivity index (χ3n) is 5.08. The van der Waals surface area contributed by atoms with E-state index in [2.05, 4.69) is 25.8 Å². The highest BCUT2D eigenvalue weighted by molar-refractivity contribution is 5.66. The molecular formula is C24H32F2N2O2. The van der Waals surface area contributed by atoms with Gasteiger partial charge in [-0.15, -0.1) is 0 Å². The maximum absolute atomic E-state index is 15.0. The van der Waals surface area contributed by atoms with Gasteiger partial charge in [0.25, 0.3) is 0 Å². The van der Waals surface area contributed by atoms with Gasteiger partial charge in [-0.05, 0) is 31.7 Å². The van der Waals surface area contributed by atoms with Crippen molar-refractivity contribution in [1.29, 1.82) is 0 Å². The predicted molar refractivity (Wildman–Crippen MR) is 116 cm³/mol. The van der Waals surface area contributed by atoms with E-state index in [0.29, 0.717) is 36.4 Å². The lowest BCUT2D eigenvalue weighted by atomic mass is 9.93. The smallest absolute Gasteiger partial charge is 0.166 e. The summed E-state index contributed by atoms with van der Waals surface area (Å²) in [7, 11) is 0. The van der Waals surface area contributed by atoms with Crippen molar-refractivity contribution in [2.45, 2.75) is 59.9 Å². The quantitative estimate of drug-likeness (QED) is 0.523. The molecule has 1 saturated heterocycles. The van der Waals surface area contributed by atoms with Gasteiger partial charge in [0.05, 0.1) is 18.8 Å². The van der Waals surface area contributed by atoms with E-state index in [9.17, 15) is 4.39 Å². The van der Waals surface area contributed by atoms with Crippen LogP contribution in [0.2, 0.25) is 0 Å². The highest BCUT2D eigenvalue weighted by Crippen LogP contribution is 2.30. The van der Waals surface area contributed by atoms with Gasteiger partial charge in [0.15, 0.2) is 11.6 Å². The van der Waals surface area contributed by atoms with E-state index in [1.54, 1.807) is 18.2 Å². The summed E-state index contributed by atoms with van der Waals surface area (Å²) in [6.45, 7) is 12.4. The lowest BCUT2D eigenvalue weighted by Crippen LogP contribution is -2.53. The molecule has 1 aliphatic rings. The van der Waals surface area contributed by atoms with Gasteiger partial charge in [0, 0.05) is 42.6 Å². The van der Waals surface area contributed by atoms with Gasteiger partial charge in [-0.1, -0.05) is 39.0 Å². The fourth-order valence-corrected chi connectivity index (χ4v) is 3.37. The Morgan fingerprint density at radius 1 is 1.20 bits per heavy atom. The van der Waals surface area contributed by atoms with Crippen LogP contribution < -0.4 is 4.90 Å². The van der Waals surface area contributed by atoms with E-state index in [1.165, 1.54) is 12.3 Å². The van der Waals surface area contributed by atoms with Crippen LogP contribution in [0.4, 0.5) is 14.6 Å². The summed E-state index contributed by atoms with van der Waals surface area (Å²) in [5.74, 6) is -0.567. The van der Waals surface area contributed by atoms with Crippen LogP contribution in [0.3, 0.4) is 0 Å². The second kappa shape index (κ2) is 9.40. The molecule has 2 heterocycles. The SMILES string of the molecule is CC(C)OC1CN(c2ncc(-c3cccc(COCCC(C)(C)C)c3F)cc2F)C1. The number of rotatable bonds is 8. The molecule has 4 nitrogen and oxygen atoms in total. The molecule has 1 aromatic heterocycles. The molecule has 0 amide bonds. The number of benzene rings is 1. The number of hydrogen-bond acceptors (Lipinski definition) is 4. The standard InChI is InChI=1S/C24H32F2N2O2/c1-16(2)30-19-13-28(14-19)23-21(25)11-18(12-27-23)20-8-6-7-17(22(20)26)15-29-10-9-24(3,4)5/h6-8,11-12,16,19H,9-10,13-15H2,1-5H3. The van der Waals surface area contributed by atoms with E-state index in [4.69, 9.17) is 9.47 Å². The molecule has 0 radical (unpaired) electrons. The first kappa shape index (κ1) is 22.6. The largest absolute Gasteiger partial charge is 0.377 e. The van der Waals surface area contributed by atoms with Gasteiger partial charge >= 0.3 is 0 Å². The van der Waals surface area contributed by atoms with E-state index >= 15 is 4.39 Å². The molecule has 1 aromatic carbocycles. The van der Waals surface area contributed by atoms with Crippen LogP contribution in [0.25, 0.3) is 11.1 Å². The second-order valence-electron chi connectivity index (χ2n) is 9.38. The number of ether oxygens (including phenoxy) is 2. The van der Waals surface area contributed by atoms with Gasteiger partial charge in [-0.3, -0.25) is 0 Å². The monoisotopic (exact) mass is 418 g/mol. The Kier molecular flexibility index (Phi) is 7.09. The van der Waals surface area contributed by atoms with E-state index in [-0.39, 0.29) is 30.0 Å². The minimum Gasteiger partial charge on any atom is -0.377 e. The molecule has 1 fully saturated rings. The van der Waals surface area contributed by atoms with E-state index in [1.807, 2.05) is 18.7 Å². The summed E-state index contributed by atoms with van der Waals surface area (Å²) < 4.78 is 41.1. The van der Waals surface area contributed by atoms with E-state index in [0.717, 1.165) is 6.42 Å². The minimum atomic E-state index is -0.457. The predicted octanol–water partition coefficient (Wildman–Crippen LogP) is 5.59. The van der Waals surface area contributed by atoms with Gasteiger partial charge in [-0.2, -0.15) is 0 Å². The average molecular weight is 419 g/mol. The summed E-state index contributed by atoms with van der Waals surface area (Å²) in [6, 6.07) is 6.45. The van der Waals surface area contributed by atoms with E-state index < -0.39 is 11.6 Å². The fraction of sp³-hybridized carbons (Fsp3) is 0.542. The van der Waals surface area contributed by atoms with Crippen LogP contribution >= 0.6 is 0 Å². The van der Waals surface area contributed by atoms with Crippen LogP contribution in [-0.2, 0) is 16.1 Å². The zero-order chi connectivity index (χ0) is 21.9. The van der Waals surface area contributed by atoms with Crippen molar-refractivity contribution in [1.82, 2.24) is 4.98 Å². The lowest BCUT2D eigenvalue weighted by Gasteiger charge is -2.40. The second-order valence-corrected chi connectivity index (χ2v) is 9.38. The van der Waals surface area contributed by atoms with Crippen molar-refractivity contribution in [3.8, 4) is 11.1 Å². The van der Waals surface area contributed by atoms with Crippen molar-refractivity contribution in [3.05, 3.63) is 47.7 Å². The number of aromatic nitrogens is 1. The van der Waals surface area contributed by atoms with Crippen molar-refractivity contribution >= 4 is 5.82 Å². The molecule has 3 rings (SSSR count). The van der Waals surface area contributed by atoms with Crippen molar-refractivity contribution in [2.24, 2.45) is 5.41 Å². The fourth-order valence-electron chi connectivity index (χ4n) is 3.37. The molecule has 30 heavy (non-hydrogen) atoms. The Morgan fingerprint density at radius 3 is 2.57 bits per heavy atom. The molecule has 2 aromatic rings. The zero-order valence-electron chi connectivity index (χ0n) is 18.5. The van der Waals surface area contributed by atoms with Crippen molar-refractivity contribution in [2.75, 3.05) is 24.6 Å². The summed E-state index contributed by atoms with van der Waals surface area (Å²) in [4.78, 5) is 6.10. The first-order chi connectivity index (χ1) is 14.1. The van der Waals surface area contributed by atoms with Crippen LogP contribution in [-0.4, -0.2) is 36.9 Å². The summed E-state index contributed by atoms with van der Waals surface area (Å²) in [5.41, 5.74) is 1.38. The maximum atomic E-state index is 15.0. The highest BCUT2D eigenvalue weighted by Gasteiger charge is 2.31. The molecule has 0 N–H and O–H groups in total. The highest BCUT2D eigenvalue weighted by atomic mass is 19.1. The number of anilines is 1. The average Bonchev–Trinajstić information content (AvgIpc) is 2.62. The Balaban J connectivity index is 1.67. The molecule has 164 valence electrons. The number of hydrogen-bond donors (Lipinski definition) is 0. The maximum Gasteiger partial charge on any atom is 0.166 e. The zero-order valence-corrected chi connectivity index (χ0v) is 18.5. The van der Waals surface area contributed by atoms with Gasteiger partial charge < -0.3 is 14.4 Å². The molecule has 0 atom stereocenters. The lowest BCUT2D eigenvalue weighted by molar-refractivity contribution is -0.00766. The molecule has 1 aliphatic heterocycles. The van der Waals surface area contributed by atoms with Crippen molar-refractivity contribution in [3.63, 3.8) is 0 Å². The molecule has 0 bridgehead atoms. The van der Waals surface area contributed by atoms with Gasteiger partial charge in [0.1, 0.15) is 5.82 Å². The van der Waals surface area contributed by atoms with Crippen molar-refractivity contribution < 1.29 is 18.3 Å². The van der Waals surface area contributed by atoms with Crippen LogP contribution in [0.1, 0.15) is 46.6 Å². The molecule has 6 heteroatoms.